The molecule has 1 aromatic rings. The molecule has 1 aromatic carbocycles. The van der Waals surface area contributed by atoms with Crippen molar-refractivity contribution in [2.75, 3.05) is 13.7 Å². The smallest absolute Gasteiger partial charge is 0.438 e. The van der Waals surface area contributed by atoms with Crippen molar-refractivity contribution in [2.24, 2.45) is 0 Å². The molecule has 0 atom stereocenters. The van der Waals surface area contributed by atoms with Gasteiger partial charge in [0.2, 0.25) is 0 Å². The Morgan fingerprint density at radius 1 is 1.38 bits per heavy atom. The first-order valence-electron chi connectivity index (χ1n) is 5.08. The number of ether oxygens (including phenoxy) is 2. The molecule has 0 aromatic heterocycles. The van der Waals surface area contributed by atoms with Gasteiger partial charge in [0.1, 0.15) is 6.61 Å². The number of aryl methyl sites for hydroxylation is 1. The van der Waals surface area contributed by atoms with E-state index in [1.807, 2.05) is 44.2 Å². The minimum atomic E-state index is -0.658. The van der Waals surface area contributed by atoms with Crippen LogP contribution in [-0.4, -0.2) is 19.9 Å². The number of hydrogen-bond acceptors (Lipinski definition) is 3. The highest BCUT2D eigenvalue weighted by atomic mass is 16.7. The lowest BCUT2D eigenvalue weighted by Gasteiger charge is -2.06. The summed E-state index contributed by atoms with van der Waals surface area (Å²) in [5, 5.41) is 0. The molecular weight excluding hydrogens is 204 g/mol. The van der Waals surface area contributed by atoms with E-state index in [4.69, 9.17) is 4.74 Å². The second-order valence-corrected chi connectivity index (χ2v) is 3.47. The summed E-state index contributed by atoms with van der Waals surface area (Å²) in [6.45, 7) is 4.27. The Hall–Kier alpha value is -1.77. The highest BCUT2D eigenvalue weighted by molar-refractivity contribution is 5.67. The van der Waals surface area contributed by atoms with Crippen molar-refractivity contribution in [3.63, 3.8) is 0 Å². The number of hydrogen-bond donors (Lipinski definition) is 0. The summed E-state index contributed by atoms with van der Waals surface area (Å²) in [5.41, 5.74) is 3.45. The monoisotopic (exact) mass is 220 g/mol. The van der Waals surface area contributed by atoms with Gasteiger partial charge in [-0.15, -0.1) is 0 Å². The molecule has 0 spiro atoms. The zero-order valence-corrected chi connectivity index (χ0v) is 9.82. The molecule has 0 unspecified atom stereocenters. The number of rotatable bonds is 3. The number of carbonyl (C=O) groups excluding carboxylic acids is 1. The van der Waals surface area contributed by atoms with Gasteiger partial charge in [-0.1, -0.05) is 24.3 Å². The largest absolute Gasteiger partial charge is 0.508 e. The van der Waals surface area contributed by atoms with Crippen LogP contribution in [0, 0.1) is 6.92 Å². The van der Waals surface area contributed by atoms with E-state index in [0.717, 1.165) is 11.1 Å². The van der Waals surface area contributed by atoms with E-state index >= 15 is 0 Å². The molecule has 0 aliphatic heterocycles. The van der Waals surface area contributed by atoms with Crippen LogP contribution in [0.25, 0.3) is 5.57 Å². The molecule has 1 rings (SSSR count). The molecule has 3 heteroatoms. The molecule has 0 heterocycles. The number of benzene rings is 1. The fraction of sp³-hybridized carbons (Fsp3) is 0.308. The van der Waals surface area contributed by atoms with Crippen molar-refractivity contribution in [3.8, 4) is 0 Å². The van der Waals surface area contributed by atoms with Gasteiger partial charge in [0.15, 0.2) is 0 Å². The predicted octanol–water partition coefficient (Wildman–Crippen LogP) is 3.18. The molecule has 0 saturated carbocycles. The molecule has 0 amide bonds. The maximum atomic E-state index is 10.7. The van der Waals surface area contributed by atoms with Crippen LogP contribution in [0.3, 0.4) is 0 Å². The second-order valence-electron chi connectivity index (χ2n) is 3.47. The van der Waals surface area contributed by atoms with Gasteiger partial charge in [0.05, 0.1) is 7.11 Å². The topological polar surface area (TPSA) is 35.5 Å². The van der Waals surface area contributed by atoms with Gasteiger partial charge < -0.3 is 9.47 Å². The zero-order valence-electron chi connectivity index (χ0n) is 9.82. The van der Waals surface area contributed by atoms with Gasteiger partial charge >= 0.3 is 6.16 Å². The van der Waals surface area contributed by atoms with Crippen LogP contribution in [0.1, 0.15) is 18.1 Å². The summed E-state index contributed by atoms with van der Waals surface area (Å²) in [6.07, 6.45) is 1.20. The van der Waals surface area contributed by atoms with Crippen molar-refractivity contribution in [3.05, 3.63) is 41.5 Å². The standard InChI is InChI=1S/C13H16O3/c1-10-6-4-5-7-12(10)11(2)8-9-16-13(14)15-3/h4-8H,9H2,1-3H3/b11-8+. The second kappa shape index (κ2) is 5.95. The van der Waals surface area contributed by atoms with Crippen molar-refractivity contribution < 1.29 is 14.3 Å². The van der Waals surface area contributed by atoms with Crippen LogP contribution in [0.2, 0.25) is 0 Å². The average molecular weight is 220 g/mol. The quantitative estimate of drug-likeness (QED) is 0.734. The highest BCUT2D eigenvalue weighted by Gasteiger charge is 2.00. The molecule has 0 aliphatic rings. The first-order chi connectivity index (χ1) is 7.65. The predicted molar refractivity (Wildman–Crippen MR) is 63.2 cm³/mol. The van der Waals surface area contributed by atoms with Crippen LogP contribution in [0.5, 0.6) is 0 Å². The fourth-order valence-corrected chi connectivity index (χ4v) is 1.42. The Bertz CT molecular complexity index is 394. The Morgan fingerprint density at radius 3 is 2.69 bits per heavy atom. The average Bonchev–Trinajstić information content (AvgIpc) is 2.29. The van der Waals surface area contributed by atoms with Crippen molar-refractivity contribution in [1.29, 1.82) is 0 Å². The van der Waals surface area contributed by atoms with Crippen molar-refractivity contribution in [1.82, 2.24) is 0 Å². The van der Waals surface area contributed by atoms with Gasteiger partial charge in [-0.25, -0.2) is 4.79 Å². The van der Waals surface area contributed by atoms with E-state index in [-0.39, 0.29) is 6.61 Å². The molecule has 0 radical (unpaired) electrons. The lowest BCUT2D eigenvalue weighted by molar-refractivity contribution is 0.0819. The molecule has 86 valence electrons. The minimum Gasteiger partial charge on any atom is -0.438 e. The first kappa shape index (κ1) is 12.3. The van der Waals surface area contributed by atoms with E-state index in [0.29, 0.717) is 0 Å². The maximum Gasteiger partial charge on any atom is 0.508 e. The van der Waals surface area contributed by atoms with Gasteiger partial charge in [-0.2, -0.15) is 0 Å². The molecule has 0 saturated heterocycles. The van der Waals surface area contributed by atoms with E-state index in [2.05, 4.69) is 4.74 Å². The third kappa shape index (κ3) is 3.42. The molecular formula is C13H16O3. The van der Waals surface area contributed by atoms with Crippen LogP contribution < -0.4 is 0 Å². The van der Waals surface area contributed by atoms with Crippen molar-refractivity contribution in [2.45, 2.75) is 13.8 Å². The van der Waals surface area contributed by atoms with Gasteiger partial charge in [0.25, 0.3) is 0 Å². The van der Waals surface area contributed by atoms with E-state index in [9.17, 15) is 4.79 Å². The lowest BCUT2D eigenvalue weighted by atomic mass is 10.0. The normalized spacial score (nSPS) is 11.1. The van der Waals surface area contributed by atoms with Crippen LogP contribution in [-0.2, 0) is 9.47 Å². The molecule has 0 bridgehead atoms. The van der Waals surface area contributed by atoms with Crippen molar-refractivity contribution >= 4 is 11.7 Å². The zero-order chi connectivity index (χ0) is 12.0. The SMILES string of the molecule is COC(=O)OC/C=C(\C)c1ccccc1C. The number of methoxy groups -OCH3 is 1. The molecule has 3 nitrogen and oxygen atoms in total. The summed E-state index contributed by atoms with van der Waals surface area (Å²) < 4.78 is 9.16. The number of carbonyl (C=O) groups is 1. The highest BCUT2D eigenvalue weighted by Crippen LogP contribution is 2.17. The van der Waals surface area contributed by atoms with E-state index in [1.54, 1.807) is 0 Å². The van der Waals surface area contributed by atoms with Gasteiger partial charge in [-0.05, 0) is 36.6 Å². The van der Waals surface area contributed by atoms with E-state index in [1.165, 1.54) is 12.7 Å². The summed E-state index contributed by atoms with van der Waals surface area (Å²) in [4.78, 5) is 10.7. The number of allylic oxidation sites excluding steroid dienone is 1. The lowest BCUT2D eigenvalue weighted by Crippen LogP contribution is -2.04. The summed E-state index contributed by atoms with van der Waals surface area (Å²) in [7, 11) is 1.29. The molecule has 0 fully saturated rings. The Morgan fingerprint density at radius 2 is 2.06 bits per heavy atom. The van der Waals surface area contributed by atoms with E-state index < -0.39 is 6.16 Å². The summed E-state index contributed by atoms with van der Waals surface area (Å²) in [5.74, 6) is 0. The van der Waals surface area contributed by atoms with Crippen LogP contribution in [0.15, 0.2) is 30.3 Å². The third-order valence-corrected chi connectivity index (χ3v) is 2.33. The molecule has 0 N–H and O–H groups in total. The Labute approximate surface area is 95.7 Å². The Balaban J connectivity index is 2.64. The Kier molecular flexibility index (Phi) is 4.58. The summed E-state index contributed by atoms with van der Waals surface area (Å²) >= 11 is 0. The molecule has 0 aliphatic carbocycles. The first-order valence-corrected chi connectivity index (χ1v) is 5.08. The maximum absolute atomic E-state index is 10.7. The van der Waals surface area contributed by atoms with Crippen LogP contribution >= 0.6 is 0 Å². The third-order valence-electron chi connectivity index (χ3n) is 2.33. The van der Waals surface area contributed by atoms with Gasteiger partial charge in [0, 0.05) is 0 Å². The minimum absolute atomic E-state index is 0.229. The van der Waals surface area contributed by atoms with Gasteiger partial charge in [-0.3, -0.25) is 0 Å². The summed E-state index contributed by atoms with van der Waals surface area (Å²) in [6, 6.07) is 8.07. The molecule has 16 heavy (non-hydrogen) atoms. The fourth-order valence-electron chi connectivity index (χ4n) is 1.42. The van der Waals surface area contributed by atoms with Crippen LogP contribution in [0.4, 0.5) is 4.79 Å².